The van der Waals surface area contributed by atoms with Crippen molar-refractivity contribution in [1.82, 2.24) is 9.21 Å². The summed E-state index contributed by atoms with van der Waals surface area (Å²) in [5.74, 6) is 0.179. The summed E-state index contributed by atoms with van der Waals surface area (Å²) in [4.78, 5) is 13.9. The van der Waals surface area contributed by atoms with Crippen LogP contribution in [0.2, 0.25) is 5.02 Å². The average Bonchev–Trinajstić information content (AvgIpc) is 2.95. The van der Waals surface area contributed by atoms with Gasteiger partial charge in [0.25, 0.3) is 0 Å². The molecule has 4 rings (SSSR count). The Hall–Kier alpha value is -1.15. The molecule has 0 radical (unpaired) electrons. The monoisotopic (exact) mass is 440 g/mol. The predicted molar refractivity (Wildman–Crippen MR) is 112 cm³/mol. The minimum atomic E-state index is -3.34. The highest BCUT2D eigenvalue weighted by Crippen LogP contribution is 2.38. The van der Waals surface area contributed by atoms with Gasteiger partial charge in [-0.3, -0.25) is 4.79 Å². The zero-order chi connectivity index (χ0) is 20.6. The van der Waals surface area contributed by atoms with Gasteiger partial charge in [-0.25, -0.2) is 12.7 Å². The third kappa shape index (κ3) is 4.79. The van der Waals surface area contributed by atoms with Crippen LogP contribution in [-0.2, 0) is 25.3 Å². The molecule has 1 unspecified atom stereocenters. The highest BCUT2D eigenvalue weighted by atomic mass is 35.5. The van der Waals surface area contributed by atoms with E-state index in [1.165, 1.54) is 0 Å². The summed E-state index contributed by atoms with van der Waals surface area (Å²) in [7, 11) is -3.34. The molecule has 3 aliphatic heterocycles. The van der Waals surface area contributed by atoms with Gasteiger partial charge in [0.15, 0.2) is 0 Å². The summed E-state index contributed by atoms with van der Waals surface area (Å²) in [6, 6.07) is 7.59. The van der Waals surface area contributed by atoms with Crippen LogP contribution in [-0.4, -0.2) is 60.9 Å². The smallest absolute Gasteiger partial charge is 0.219 e. The number of ether oxygens (including phenoxy) is 1. The third-order valence-corrected chi connectivity index (χ3v) is 8.60. The highest BCUT2D eigenvalue weighted by molar-refractivity contribution is 7.88. The number of carbonyl (C=O) groups excluding carboxylic acids is 1. The van der Waals surface area contributed by atoms with E-state index in [0.29, 0.717) is 30.2 Å². The lowest BCUT2D eigenvalue weighted by Crippen LogP contribution is -2.49. The fraction of sp³-hybridized carbons (Fsp3) is 0.667. The van der Waals surface area contributed by atoms with E-state index in [-0.39, 0.29) is 23.9 Å². The number of sulfonamides is 1. The van der Waals surface area contributed by atoms with Crippen molar-refractivity contribution in [3.05, 3.63) is 34.9 Å². The number of piperidine rings is 2. The van der Waals surface area contributed by atoms with Crippen molar-refractivity contribution in [3.8, 4) is 0 Å². The standard InChI is InChI=1S/C21H29ClN2O4S/c1-15(25)24-18-6-7-19(24)13-21(12-18)28-20-8-10-23(11-9-20)29(26,27)14-16-2-4-17(22)5-3-16/h2-5,18-21H,6-14H2,1H3/t18-,19+,21?. The molecule has 29 heavy (non-hydrogen) atoms. The molecule has 1 aromatic carbocycles. The number of rotatable bonds is 5. The lowest BCUT2D eigenvalue weighted by molar-refractivity contribution is -0.138. The van der Waals surface area contributed by atoms with E-state index in [1.54, 1.807) is 35.5 Å². The van der Waals surface area contributed by atoms with Gasteiger partial charge in [-0.2, -0.15) is 0 Å². The molecular formula is C21H29ClN2O4S. The van der Waals surface area contributed by atoms with Crippen LogP contribution >= 0.6 is 11.6 Å². The lowest BCUT2D eigenvalue weighted by Gasteiger charge is -2.40. The van der Waals surface area contributed by atoms with Gasteiger partial charge < -0.3 is 9.64 Å². The van der Waals surface area contributed by atoms with Gasteiger partial charge in [0.2, 0.25) is 15.9 Å². The molecule has 160 valence electrons. The number of hydrogen-bond donors (Lipinski definition) is 0. The van der Waals surface area contributed by atoms with Gasteiger partial charge in [-0.05, 0) is 56.2 Å². The van der Waals surface area contributed by atoms with Crippen LogP contribution in [0.15, 0.2) is 24.3 Å². The van der Waals surface area contributed by atoms with Crippen molar-refractivity contribution in [2.24, 2.45) is 0 Å². The minimum Gasteiger partial charge on any atom is -0.375 e. The lowest BCUT2D eigenvalue weighted by atomic mass is 9.98. The van der Waals surface area contributed by atoms with E-state index in [9.17, 15) is 13.2 Å². The number of halogens is 1. The SMILES string of the molecule is CC(=O)N1[C@@H]2CC[C@H]1CC(OC1CCN(S(=O)(=O)Cc3ccc(Cl)cc3)CC1)C2. The fourth-order valence-corrected chi connectivity index (χ4v) is 6.84. The molecule has 0 aliphatic carbocycles. The second-order valence-corrected chi connectivity index (χ2v) is 10.9. The zero-order valence-electron chi connectivity index (χ0n) is 16.8. The van der Waals surface area contributed by atoms with Gasteiger partial charge >= 0.3 is 0 Å². The number of benzene rings is 1. The Balaban J connectivity index is 1.27. The quantitative estimate of drug-likeness (QED) is 0.705. The summed E-state index contributed by atoms with van der Waals surface area (Å²) in [6.45, 7) is 2.66. The molecule has 6 nitrogen and oxygen atoms in total. The third-order valence-electron chi connectivity index (χ3n) is 6.50. The number of hydrogen-bond acceptors (Lipinski definition) is 4. The number of carbonyl (C=O) groups is 1. The molecule has 0 N–H and O–H groups in total. The van der Waals surface area contributed by atoms with E-state index in [2.05, 4.69) is 0 Å². The van der Waals surface area contributed by atoms with Crippen molar-refractivity contribution in [1.29, 1.82) is 0 Å². The van der Waals surface area contributed by atoms with E-state index in [0.717, 1.165) is 44.1 Å². The molecule has 1 aromatic rings. The van der Waals surface area contributed by atoms with Crippen LogP contribution in [0.4, 0.5) is 0 Å². The van der Waals surface area contributed by atoms with Gasteiger partial charge in [-0.1, -0.05) is 23.7 Å². The van der Waals surface area contributed by atoms with Crippen LogP contribution in [0.3, 0.4) is 0 Å². The summed E-state index contributed by atoms with van der Waals surface area (Å²) in [5, 5.41) is 0.603. The van der Waals surface area contributed by atoms with E-state index < -0.39 is 10.0 Å². The van der Waals surface area contributed by atoms with E-state index >= 15 is 0 Å². The Morgan fingerprint density at radius 2 is 1.62 bits per heavy atom. The fourth-order valence-electron chi connectivity index (χ4n) is 5.15. The first-order chi connectivity index (χ1) is 13.8. The predicted octanol–water partition coefficient (Wildman–Crippen LogP) is 3.19. The van der Waals surface area contributed by atoms with Crippen molar-refractivity contribution in [3.63, 3.8) is 0 Å². The molecule has 3 aliphatic rings. The minimum absolute atomic E-state index is 0.00254. The van der Waals surface area contributed by atoms with Crippen molar-refractivity contribution in [2.45, 2.75) is 75.5 Å². The van der Waals surface area contributed by atoms with Crippen LogP contribution in [0.1, 0.15) is 51.0 Å². The molecule has 0 saturated carbocycles. The Morgan fingerprint density at radius 1 is 1.03 bits per heavy atom. The number of amides is 1. The Bertz CT molecular complexity index is 823. The topological polar surface area (TPSA) is 66.9 Å². The molecule has 2 bridgehead atoms. The van der Waals surface area contributed by atoms with Gasteiger partial charge in [-0.15, -0.1) is 0 Å². The molecule has 3 heterocycles. The van der Waals surface area contributed by atoms with Crippen molar-refractivity contribution < 1.29 is 17.9 Å². The summed E-state index contributed by atoms with van der Waals surface area (Å²) in [5.41, 5.74) is 0.750. The molecule has 0 aromatic heterocycles. The molecule has 3 saturated heterocycles. The summed E-state index contributed by atoms with van der Waals surface area (Å²) in [6.07, 6.45) is 5.70. The first-order valence-electron chi connectivity index (χ1n) is 10.5. The zero-order valence-corrected chi connectivity index (χ0v) is 18.4. The van der Waals surface area contributed by atoms with Crippen LogP contribution < -0.4 is 0 Å². The van der Waals surface area contributed by atoms with E-state index in [1.807, 2.05) is 4.90 Å². The Kier molecular flexibility index (Phi) is 6.21. The first-order valence-corrected chi connectivity index (χ1v) is 12.5. The van der Waals surface area contributed by atoms with Gasteiger partial charge in [0.1, 0.15) is 0 Å². The van der Waals surface area contributed by atoms with Crippen LogP contribution in [0.25, 0.3) is 0 Å². The highest BCUT2D eigenvalue weighted by Gasteiger charge is 2.43. The number of fused-ring (bicyclic) bond motifs is 2. The molecule has 8 heteroatoms. The molecule has 0 spiro atoms. The second kappa shape index (κ2) is 8.53. The molecule has 3 fully saturated rings. The average molecular weight is 441 g/mol. The van der Waals surface area contributed by atoms with Crippen LogP contribution in [0.5, 0.6) is 0 Å². The Morgan fingerprint density at radius 3 is 2.17 bits per heavy atom. The number of nitrogens with zero attached hydrogens (tertiary/aromatic N) is 2. The van der Waals surface area contributed by atoms with Crippen LogP contribution in [0, 0.1) is 0 Å². The first kappa shape index (κ1) is 21.1. The molecule has 3 atom stereocenters. The maximum atomic E-state index is 12.7. The van der Waals surface area contributed by atoms with Gasteiger partial charge in [0.05, 0.1) is 18.0 Å². The summed E-state index contributed by atoms with van der Waals surface area (Å²) >= 11 is 5.88. The maximum absolute atomic E-state index is 12.7. The molecule has 1 amide bonds. The van der Waals surface area contributed by atoms with Gasteiger partial charge in [0, 0.05) is 37.1 Å². The van der Waals surface area contributed by atoms with E-state index in [4.69, 9.17) is 16.3 Å². The second-order valence-electron chi connectivity index (χ2n) is 8.52. The summed E-state index contributed by atoms with van der Waals surface area (Å²) < 4.78 is 33.4. The van der Waals surface area contributed by atoms with Crippen molar-refractivity contribution in [2.75, 3.05) is 13.1 Å². The van der Waals surface area contributed by atoms with Crippen molar-refractivity contribution >= 4 is 27.5 Å². The maximum Gasteiger partial charge on any atom is 0.219 e. The normalized spacial score (nSPS) is 28.6. The Labute approximate surface area is 178 Å². The largest absolute Gasteiger partial charge is 0.375 e. The molecular weight excluding hydrogens is 412 g/mol.